The molecule has 1 saturated carbocycles. The molecule has 2 aliphatic heterocycles. The van der Waals surface area contributed by atoms with Crippen LogP contribution in [0.4, 0.5) is 0 Å². The number of carbonyl (C=O) groups excluding carboxylic acids is 3. The molecule has 0 spiro atoms. The van der Waals surface area contributed by atoms with Crippen LogP contribution in [0.3, 0.4) is 0 Å². The van der Waals surface area contributed by atoms with Gasteiger partial charge in [0.2, 0.25) is 17.7 Å². The van der Waals surface area contributed by atoms with Crippen LogP contribution in [0.2, 0.25) is 0 Å². The minimum Gasteiger partial charge on any atom is -0.353 e. The average Bonchev–Trinajstić information content (AvgIpc) is 3.04. The first kappa shape index (κ1) is 19.2. The molecule has 3 rings (SSSR count). The first-order valence-corrected chi connectivity index (χ1v) is 10.3. The molecule has 0 aromatic rings. The van der Waals surface area contributed by atoms with E-state index in [0.29, 0.717) is 26.1 Å². The van der Waals surface area contributed by atoms with Gasteiger partial charge in [0.15, 0.2) is 0 Å². The third-order valence-electron chi connectivity index (χ3n) is 6.26. The second-order valence-electron chi connectivity index (χ2n) is 8.48. The summed E-state index contributed by atoms with van der Waals surface area (Å²) in [7, 11) is 0. The Balaban J connectivity index is 1.44. The summed E-state index contributed by atoms with van der Waals surface area (Å²) in [5, 5.41) is 3.21. The number of rotatable bonds is 4. The zero-order valence-electron chi connectivity index (χ0n) is 16.2. The van der Waals surface area contributed by atoms with Gasteiger partial charge in [-0.25, -0.2) is 0 Å². The largest absolute Gasteiger partial charge is 0.353 e. The van der Waals surface area contributed by atoms with Crippen LogP contribution >= 0.6 is 0 Å². The van der Waals surface area contributed by atoms with Gasteiger partial charge in [0, 0.05) is 44.1 Å². The molecule has 2 heterocycles. The van der Waals surface area contributed by atoms with Gasteiger partial charge in [0.05, 0.1) is 5.92 Å². The zero-order valence-corrected chi connectivity index (χ0v) is 16.2. The Labute approximate surface area is 156 Å². The number of hydrogen-bond acceptors (Lipinski definition) is 3. The van der Waals surface area contributed by atoms with Gasteiger partial charge < -0.3 is 15.1 Å². The highest BCUT2D eigenvalue weighted by atomic mass is 16.2. The summed E-state index contributed by atoms with van der Waals surface area (Å²) < 4.78 is 0. The molecule has 3 fully saturated rings. The number of likely N-dealkylation sites (tertiary alicyclic amines) is 2. The van der Waals surface area contributed by atoms with Crippen molar-refractivity contribution in [2.24, 2.45) is 11.8 Å². The normalized spacial score (nSPS) is 25.8. The fourth-order valence-corrected chi connectivity index (χ4v) is 4.58. The lowest BCUT2D eigenvalue weighted by Gasteiger charge is -2.34. The molecule has 1 aliphatic carbocycles. The number of carbonyl (C=O) groups is 3. The van der Waals surface area contributed by atoms with Crippen LogP contribution in [0.15, 0.2) is 0 Å². The summed E-state index contributed by atoms with van der Waals surface area (Å²) >= 11 is 0. The number of nitrogens with one attached hydrogen (secondary N) is 1. The lowest BCUT2D eigenvalue weighted by atomic mass is 9.88. The van der Waals surface area contributed by atoms with Crippen molar-refractivity contribution in [2.45, 2.75) is 77.3 Å². The van der Waals surface area contributed by atoms with Crippen molar-refractivity contribution in [3.05, 3.63) is 0 Å². The van der Waals surface area contributed by atoms with Crippen LogP contribution < -0.4 is 5.32 Å². The molecule has 26 heavy (non-hydrogen) atoms. The smallest absolute Gasteiger partial charge is 0.227 e. The van der Waals surface area contributed by atoms with Gasteiger partial charge in [-0.3, -0.25) is 14.4 Å². The Morgan fingerprint density at radius 3 is 2.23 bits per heavy atom. The zero-order chi connectivity index (χ0) is 18.7. The molecule has 1 N–H and O–H groups in total. The van der Waals surface area contributed by atoms with Crippen molar-refractivity contribution in [1.82, 2.24) is 15.1 Å². The molecular weight excluding hydrogens is 330 g/mol. The SMILES string of the molecule is CC(C)N1CC(C(=O)N2CCC(NC(=O)C3CCCCC3)CC2)CC1=O. The van der Waals surface area contributed by atoms with Gasteiger partial charge in [-0.05, 0) is 39.5 Å². The summed E-state index contributed by atoms with van der Waals surface area (Å²) in [5.41, 5.74) is 0. The molecule has 0 aromatic carbocycles. The van der Waals surface area contributed by atoms with E-state index >= 15 is 0 Å². The Bertz CT molecular complexity index is 534. The molecule has 3 amide bonds. The summed E-state index contributed by atoms with van der Waals surface area (Å²) in [4.78, 5) is 40.9. The Hall–Kier alpha value is -1.59. The fourth-order valence-electron chi connectivity index (χ4n) is 4.58. The molecule has 3 aliphatic rings. The van der Waals surface area contributed by atoms with Crippen LogP contribution in [-0.4, -0.2) is 59.2 Å². The first-order chi connectivity index (χ1) is 12.5. The minimum absolute atomic E-state index is 0.0907. The van der Waals surface area contributed by atoms with Crippen LogP contribution in [0.1, 0.15) is 65.2 Å². The monoisotopic (exact) mass is 363 g/mol. The summed E-state index contributed by atoms with van der Waals surface area (Å²) in [5.74, 6) is 0.406. The molecule has 6 heteroatoms. The molecule has 0 aromatic heterocycles. The van der Waals surface area contributed by atoms with Crippen LogP contribution in [0.25, 0.3) is 0 Å². The number of piperidine rings is 1. The maximum absolute atomic E-state index is 12.7. The number of amides is 3. The molecule has 0 bridgehead atoms. The van der Waals surface area contributed by atoms with Gasteiger partial charge in [0.25, 0.3) is 0 Å². The van der Waals surface area contributed by atoms with E-state index < -0.39 is 0 Å². The van der Waals surface area contributed by atoms with Gasteiger partial charge in [-0.1, -0.05) is 19.3 Å². The molecule has 2 saturated heterocycles. The summed E-state index contributed by atoms with van der Waals surface area (Å²) in [6.45, 7) is 5.89. The topological polar surface area (TPSA) is 69.7 Å². The summed E-state index contributed by atoms with van der Waals surface area (Å²) in [6, 6.07) is 0.340. The van der Waals surface area contributed by atoms with E-state index in [1.807, 2.05) is 18.7 Å². The second-order valence-corrected chi connectivity index (χ2v) is 8.48. The van der Waals surface area contributed by atoms with E-state index in [2.05, 4.69) is 5.32 Å². The Kier molecular flexibility index (Phi) is 6.20. The maximum atomic E-state index is 12.7. The van der Waals surface area contributed by atoms with E-state index in [-0.39, 0.29) is 41.6 Å². The summed E-state index contributed by atoms with van der Waals surface area (Å²) in [6.07, 6.45) is 7.60. The molecule has 6 nitrogen and oxygen atoms in total. The molecule has 1 unspecified atom stereocenters. The van der Waals surface area contributed by atoms with Gasteiger partial charge >= 0.3 is 0 Å². The molecule has 0 radical (unpaired) electrons. The molecule has 146 valence electrons. The van der Waals surface area contributed by atoms with Crippen molar-refractivity contribution in [3.63, 3.8) is 0 Å². The standard InChI is InChI=1S/C20H33N3O3/c1-14(2)23-13-16(12-18(23)24)20(26)22-10-8-17(9-11-22)21-19(25)15-6-4-3-5-7-15/h14-17H,3-13H2,1-2H3,(H,21,25). The fraction of sp³-hybridized carbons (Fsp3) is 0.850. The number of hydrogen-bond donors (Lipinski definition) is 1. The van der Waals surface area contributed by atoms with Crippen LogP contribution in [0.5, 0.6) is 0 Å². The van der Waals surface area contributed by atoms with E-state index in [4.69, 9.17) is 0 Å². The lowest BCUT2D eigenvalue weighted by Crippen LogP contribution is -2.49. The van der Waals surface area contributed by atoms with Crippen molar-refractivity contribution >= 4 is 17.7 Å². The predicted octanol–water partition coefficient (Wildman–Crippen LogP) is 1.93. The third kappa shape index (κ3) is 4.38. The minimum atomic E-state index is -0.196. The number of nitrogens with zero attached hydrogens (tertiary/aromatic N) is 2. The van der Waals surface area contributed by atoms with Gasteiger partial charge in [0.1, 0.15) is 0 Å². The van der Waals surface area contributed by atoms with Gasteiger partial charge in [-0.15, -0.1) is 0 Å². The van der Waals surface area contributed by atoms with Gasteiger partial charge in [-0.2, -0.15) is 0 Å². The van der Waals surface area contributed by atoms with E-state index in [1.165, 1.54) is 19.3 Å². The quantitative estimate of drug-likeness (QED) is 0.830. The first-order valence-electron chi connectivity index (χ1n) is 10.3. The molecule has 1 atom stereocenters. The lowest BCUT2D eigenvalue weighted by molar-refractivity contribution is -0.137. The highest BCUT2D eigenvalue weighted by Gasteiger charge is 2.38. The molecular formula is C20H33N3O3. The van der Waals surface area contributed by atoms with Crippen LogP contribution in [0, 0.1) is 11.8 Å². The van der Waals surface area contributed by atoms with Crippen molar-refractivity contribution in [2.75, 3.05) is 19.6 Å². The van der Waals surface area contributed by atoms with E-state index in [0.717, 1.165) is 25.7 Å². The van der Waals surface area contributed by atoms with E-state index in [9.17, 15) is 14.4 Å². The Morgan fingerprint density at radius 2 is 1.65 bits per heavy atom. The second kappa shape index (κ2) is 8.40. The highest BCUT2D eigenvalue weighted by Crippen LogP contribution is 2.26. The Morgan fingerprint density at radius 1 is 1.00 bits per heavy atom. The average molecular weight is 364 g/mol. The third-order valence-corrected chi connectivity index (χ3v) is 6.26. The van der Waals surface area contributed by atoms with Crippen molar-refractivity contribution < 1.29 is 14.4 Å². The predicted molar refractivity (Wildman–Crippen MR) is 99.3 cm³/mol. The maximum Gasteiger partial charge on any atom is 0.227 e. The van der Waals surface area contributed by atoms with Crippen molar-refractivity contribution in [1.29, 1.82) is 0 Å². The van der Waals surface area contributed by atoms with E-state index in [1.54, 1.807) is 4.90 Å². The van der Waals surface area contributed by atoms with Crippen LogP contribution in [-0.2, 0) is 14.4 Å². The highest BCUT2D eigenvalue weighted by molar-refractivity contribution is 5.89. The van der Waals surface area contributed by atoms with Crippen molar-refractivity contribution in [3.8, 4) is 0 Å².